The Morgan fingerprint density at radius 1 is 1.03 bits per heavy atom. The van der Waals surface area contributed by atoms with Gasteiger partial charge in [0.05, 0.1) is 22.8 Å². The molecule has 0 spiro atoms. The Kier molecular flexibility index (Phi) is 6.53. The molecule has 0 saturated carbocycles. The van der Waals surface area contributed by atoms with Gasteiger partial charge < -0.3 is 15.5 Å². The number of aliphatic imine (C=N–C) groups is 1. The highest BCUT2D eigenvalue weighted by Crippen LogP contribution is 2.23. The van der Waals surface area contributed by atoms with Crippen molar-refractivity contribution in [1.29, 1.82) is 0 Å². The lowest BCUT2D eigenvalue weighted by Crippen LogP contribution is -2.23. The van der Waals surface area contributed by atoms with Crippen molar-refractivity contribution in [3.8, 4) is 0 Å². The minimum atomic E-state index is -0.408. The number of hydrogen-bond acceptors (Lipinski definition) is 5. The third-order valence-corrected chi connectivity index (χ3v) is 5.62. The van der Waals surface area contributed by atoms with Gasteiger partial charge in [-0.2, -0.15) is 0 Å². The van der Waals surface area contributed by atoms with Crippen molar-refractivity contribution in [3.05, 3.63) is 87.0 Å². The number of likely N-dealkylation sites (N-methyl/N-ethyl adjacent to an activating group) is 1. The standard InChI is InChI=1S/C23H19BrClN5O2/c1-30-11-10-26-21(30)14-2-4-15(5-3-14)22(31)28-19-8-6-16(24)12-18(19)23(32)29-20-9-7-17(25)13-27-20/h2-9,12-13H,10-11H2,1H3,(H,28,31)(H,27,29,32). The number of benzene rings is 2. The topological polar surface area (TPSA) is 86.7 Å². The number of pyridine rings is 1. The maximum Gasteiger partial charge on any atom is 0.258 e. The van der Waals surface area contributed by atoms with E-state index in [4.69, 9.17) is 11.6 Å². The zero-order valence-corrected chi connectivity index (χ0v) is 19.4. The van der Waals surface area contributed by atoms with Crippen molar-refractivity contribution >= 4 is 56.7 Å². The second-order valence-electron chi connectivity index (χ2n) is 7.16. The third-order valence-electron chi connectivity index (χ3n) is 4.91. The van der Waals surface area contributed by atoms with Crippen LogP contribution in [0.25, 0.3) is 0 Å². The molecule has 7 nitrogen and oxygen atoms in total. The molecule has 2 aromatic carbocycles. The average molecular weight is 513 g/mol. The summed E-state index contributed by atoms with van der Waals surface area (Å²) < 4.78 is 0.704. The van der Waals surface area contributed by atoms with Crippen LogP contribution in [0.2, 0.25) is 5.02 Å². The van der Waals surface area contributed by atoms with E-state index in [1.807, 2.05) is 19.2 Å². The van der Waals surface area contributed by atoms with Gasteiger partial charge in [0.15, 0.2) is 0 Å². The molecule has 0 radical (unpaired) electrons. The lowest BCUT2D eigenvalue weighted by atomic mass is 10.1. The molecule has 1 aliphatic heterocycles. The summed E-state index contributed by atoms with van der Waals surface area (Å²) >= 11 is 9.22. The van der Waals surface area contributed by atoms with Crippen molar-refractivity contribution in [3.63, 3.8) is 0 Å². The summed E-state index contributed by atoms with van der Waals surface area (Å²) in [5, 5.41) is 6.00. The quantitative estimate of drug-likeness (QED) is 0.519. The highest BCUT2D eigenvalue weighted by atomic mass is 79.9. The van der Waals surface area contributed by atoms with E-state index >= 15 is 0 Å². The van der Waals surface area contributed by atoms with E-state index in [-0.39, 0.29) is 5.91 Å². The maximum atomic E-state index is 12.8. The van der Waals surface area contributed by atoms with E-state index in [0.717, 1.165) is 24.5 Å². The Labute approximate surface area is 198 Å². The molecule has 0 bridgehead atoms. The number of anilines is 2. The Balaban J connectivity index is 1.52. The van der Waals surface area contributed by atoms with Gasteiger partial charge >= 0.3 is 0 Å². The van der Waals surface area contributed by atoms with Gasteiger partial charge in [-0.25, -0.2) is 4.98 Å². The Hall–Kier alpha value is -3.23. The van der Waals surface area contributed by atoms with Crippen LogP contribution in [0.15, 0.2) is 70.3 Å². The van der Waals surface area contributed by atoms with Crippen LogP contribution >= 0.6 is 27.5 Å². The van der Waals surface area contributed by atoms with Crippen LogP contribution in [0, 0.1) is 0 Å². The number of carbonyl (C=O) groups excluding carboxylic acids is 2. The number of nitrogens with zero attached hydrogens (tertiary/aromatic N) is 3. The summed E-state index contributed by atoms with van der Waals surface area (Å²) in [6.07, 6.45) is 1.44. The minimum absolute atomic E-state index is 0.294. The number of nitrogens with one attached hydrogen (secondary N) is 2. The lowest BCUT2D eigenvalue weighted by molar-refractivity contribution is 0.102. The molecule has 4 rings (SSSR count). The van der Waals surface area contributed by atoms with Gasteiger partial charge in [0.2, 0.25) is 0 Å². The fourth-order valence-electron chi connectivity index (χ4n) is 3.26. The molecular formula is C23H19BrClN5O2. The number of halogens is 2. The summed E-state index contributed by atoms with van der Waals surface area (Å²) in [5.41, 5.74) is 2.11. The fraction of sp³-hybridized carbons (Fsp3) is 0.130. The second kappa shape index (κ2) is 9.50. The Morgan fingerprint density at radius 2 is 1.81 bits per heavy atom. The van der Waals surface area contributed by atoms with Gasteiger partial charge in [-0.3, -0.25) is 14.6 Å². The molecular weight excluding hydrogens is 494 g/mol. The van der Waals surface area contributed by atoms with Crippen LogP contribution in [-0.4, -0.2) is 47.7 Å². The average Bonchev–Trinajstić information content (AvgIpc) is 3.22. The van der Waals surface area contributed by atoms with Crippen LogP contribution in [0.5, 0.6) is 0 Å². The number of amides is 2. The summed E-state index contributed by atoms with van der Waals surface area (Å²) in [6.45, 7) is 1.66. The van der Waals surface area contributed by atoms with E-state index < -0.39 is 5.91 Å². The lowest BCUT2D eigenvalue weighted by Gasteiger charge is -2.14. The smallest absolute Gasteiger partial charge is 0.258 e. The summed E-state index contributed by atoms with van der Waals surface area (Å²) in [7, 11) is 1.99. The molecule has 2 N–H and O–H groups in total. The molecule has 9 heteroatoms. The molecule has 0 fully saturated rings. The van der Waals surface area contributed by atoms with Crippen LogP contribution < -0.4 is 10.6 Å². The first-order valence-electron chi connectivity index (χ1n) is 9.80. The van der Waals surface area contributed by atoms with Gasteiger partial charge in [0.25, 0.3) is 11.8 Å². The van der Waals surface area contributed by atoms with Crippen molar-refractivity contribution in [1.82, 2.24) is 9.88 Å². The molecule has 32 heavy (non-hydrogen) atoms. The predicted molar refractivity (Wildman–Crippen MR) is 130 cm³/mol. The van der Waals surface area contributed by atoms with Crippen molar-refractivity contribution in [2.24, 2.45) is 4.99 Å². The molecule has 1 aromatic heterocycles. The SMILES string of the molecule is CN1CCN=C1c1ccc(C(=O)Nc2ccc(Br)cc2C(=O)Nc2ccc(Cl)cn2)cc1. The highest BCUT2D eigenvalue weighted by Gasteiger charge is 2.18. The molecule has 0 atom stereocenters. The van der Waals surface area contributed by atoms with Gasteiger partial charge in [-0.15, -0.1) is 0 Å². The minimum Gasteiger partial charge on any atom is -0.358 e. The van der Waals surface area contributed by atoms with Crippen molar-refractivity contribution < 1.29 is 9.59 Å². The first kappa shape index (κ1) is 22.0. The van der Waals surface area contributed by atoms with Gasteiger partial charge in [0.1, 0.15) is 11.7 Å². The van der Waals surface area contributed by atoms with Crippen molar-refractivity contribution in [2.45, 2.75) is 0 Å². The Bertz CT molecular complexity index is 1200. The van der Waals surface area contributed by atoms with Crippen LogP contribution in [0.1, 0.15) is 26.3 Å². The zero-order valence-electron chi connectivity index (χ0n) is 17.1. The first-order chi connectivity index (χ1) is 15.4. The molecule has 0 unspecified atom stereocenters. The van der Waals surface area contributed by atoms with Gasteiger partial charge in [-0.1, -0.05) is 39.7 Å². The van der Waals surface area contributed by atoms with Crippen LogP contribution in [0.3, 0.4) is 0 Å². The molecule has 2 heterocycles. The third kappa shape index (κ3) is 4.98. The number of hydrogen-bond donors (Lipinski definition) is 2. The van der Waals surface area contributed by atoms with Crippen molar-refractivity contribution in [2.75, 3.05) is 30.8 Å². The molecule has 0 saturated heterocycles. The highest BCUT2D eigenvalue weighted by molar-refractivity contribution is 9.10. The normalized spacial score (nSPS) is 13.0. The molecule has 162 valence electrons. The maximum absolute atomic E-state index is 12.8. The molecule has 3 aromatic rings. The van der Waals surface area contributed by atoms with E-state index in [2.05, 4.69) is 41.4 Å². The second-order valence-corrected chi connectivity index (χ2v) is 8.52. The number of amidine groups is 1. The summed E-state index contributed by atoms with van der Waals surface area (Å²) in [6, 6.07) is 15.5. The van der Waals surface area contributed by atoms with Gasteiger partial charge in [0, 0.05) is 35.4 Å². The van der Waals surface area contributed by atoms with E-state index in [0.29, 0.717) is 32.1 Å². The summed E-state index contributed by atoms with van der Waals surface area (Å²) in [5.74, 6) is 0.542. The first-order valence-corrected chi connectivity index (χ1v) is 11.0. The number of carbonyl (C=O) groups is 2. The number of rotatable bonds is 5. The molecule has 1 aliphatic rings. The van der Waals surface area contributed by atoms with E-state index in [9.17, 15) is 9.59 Å². The van der Waals surface area contributed by atoms with Crippen LogP contribution in [-0.2, 0) is 0 Å². The summed E-state index contributed by atoms with van der Waals surface area (Å²) in [4.78, 5) is 36.3. The van der Waals surface area contributed by atoms with Crippen LogP contribution in [0.4, 0.5) is 11.5 Å². The fourth-order valence-corrected chi connectivity index (χ4v) is 3.73. The molecule has 0 aliphatic carbocycles. The van der Waals surface area contributed by atoms with E-state index in [1.54, 1.807) is 42.5 Å². The predicted octanol–water partition coefficient (Wildman–Crippen LogP) is 4.69. The largest absolute Gasteiger partial charge is 0.358 e. The van der Waals surface area contributed by atoms with E-state index in [1.165, 1.54) is 6.20 Å². The monoisotopic (exact) mass is 511 g/mol. The Morgan fingerprint density at radius 3 is 2.47 bits per heavy atom. The zero-order chi connectivity index (χ0) is 22.7. The molecule has 2 amide bonds. The number of aromatic nitrogens is 1. The van der Waals surface area contributed by atoms with Gasteiger partial charge in [-0.05, 0) is 42.5 Å².